The number of thioether (sulfide) groups is 1. The molecule has 0 spiro atoms. The summed E-state index contributed by atoms with van der Waals surface area (Å²) in [5.74, 6) is 1.89. The number of carbonyl (C=O) groups excluding carboxylic acids is 1. The number of tetrazole rings is 1. The molecule has 0 saturated carbocycles. The molecule has 0 N–H and O–H groups in total. The molecule has 0 unspecified atom stereocenters. The number of hydrogen-bond acceptors (Lipinski definition) is 6. The average molecular weight is 340 g/mol. The molecular weight excluding hydrogens is 324 g/mol. The van der Waals surface area contributed by atoms with Gasteiger partial charge in [-0.25, -0.2) is 4.79 Å². The van der Waals surface area contributed by atoms with E-state index in [-0.39, 0.29) is 5.97 Å². The van der Waals surface area contributed by atoms with Crippen molar-refractivity contribution < 1.29 is 9.53 Å². The second kappa shape index (κ2) is 7.74. The van der Waals surface area contributed by atoms with Crippen molar-refractivity contribution in [2.24, 2.45) is 0 Å². The standard InChI is InChI=1S/C17H16N4O2S/c1-23-17(22)14-7-5-6-13(10-14)11-24-12-16-18-19-20-21(16)15-8-3-2-4-9-15/h2-10H,11-12H2,1H3. The summed E-state index contributed by atoms with van der Waals surface area (Å²) in [5.41, 5.74) is 2.55. The Morgan fingerprint density at radius 1 is 1.12 bits per heavy atom. The molecule has 6 nitrogen and oxygen atoms in total. The number of rotatable bonds is 6. The molecule has 24 heavy (non-hydrogen) atoms. The Hall–Kier alpha value is -2.67. The van der Waals surface area contributed by atoms with E-state index in [4.69, 9.17) is 4.74 Å². The highest BCUT2D eigenvalue weighted by atomic mass is 32.2. The summed E-state index contributed by atoms with van der Waals surface area (Å²) in [7, 11) is 1.38. The third kappa shape index (κ3) is 3.80. The maximum atomic E-state index is 11.6. The average Bonchev–Trinajstić information content (AvgIpc) is 3.10. The highest BCUT2D eigenvalue weighted by Gasteiger charge is 2.09. The number of methoxy groups -OCH3 is 1. The van der Waals surface area contributed by atoms with Crippen LogP contribution in [0.5, 0.6) is 0 Å². The predicted octanol–water partition coefficient (Wildman–Crippen LogP) is 2.88. The Morgan fingerprint density at radius 2 is 1.96 bits per heavy atom. The number of ether oxygens (including phenoxy) is 1. The van der Waals surface area contributed by atoms with Gasteiger partial charge >= 0.3 is 5.97 Å². The number of aromatic nitrogens is 4. The predicted molar refractivity (Wildman–Crippen MR) is 91.9 cm³/mol. The van der Waals surface area contributed by atoms with Crippen molar-refractivity contribution in [3.05, 3.63) is 71.5 Å². The van der Waals surface area contributed by atoms with Crippen LogP contribution < -0.4 is 0 Å². The molecule has 3 aromatic rings. The molecule has 1 aromatic heterocycles. The van der Waals surface area contributed by atoms with Gasteiger partial charge in [-0.05, 0) is 40.3 Å². The molecule has 0 fully saturated rings. The van der Waals surface area contributed by atoms with Gasteiger partial charge in [-0.3, -0.25) is 0 Å². The van der Waals surface area contributed by atoms with Crippen molar-refractivity contribution in [3.8, 4) is 5.69 Å². The van der Waals surface area contributed by atoms with Crippen LogP contribution >= 0.6 is 11.8 Å². The number of hydrogen-bond donors (Lipinski definition) is 0. The first kappa shape index (κ1) is 16.2. The third-order valence-electron chi connectivity index (χ3n) is 3.38. The van der Waals surface area contributed by atoms with E-state index in [0.717, 1.165) is 22.8 Å². The van der Waals surface area contributed by atoms with Gasteiger partial charge in [-0.1, -0.05) is 30.3 Å². The van der Waals surface area contributed by atoms with Crippen LogP contribution in [0.4, 0.5) is 0 Å². The van der Waals surface area contributed by atoms with Crippen LogP contribution in [-0.2, 0) is 16.2 Å². The molecule has 0 saturated heterocycles. The molecule has 1 heterocycles. The molecule has 0 aliphatic rings. The van der Waals surface area contributed by atoms with Crippen LogP contribution in [0.25, 0.3) is 5.69 Å². The topological polar surface area (TPSA) is 69.9 Å². The zero-order valence-corrected chi connectivity index (χ0v) is 13.9. The minimum Gasteiger partial charge on any atom is -0.465 e. The van der Waals surface area contributed by atoms with Gasteiger partial charge in [0.2, 0.25) is 0 Å². The van der Waals surface area contributed by atoms with Crippen molar-refractivity contribution in [2.45, 2.75) is 11.5 Å². The number of esters is 1. The van der Waals surface area contributed by atoms with Crippen LogP contribution in [0.1, 0.15) is 21.7 Å². The van der Waals surface area contributed by atoms with E-state index in [1.54, 1.807) is 22.5 Å². The van der Waals surface area contributed by atoms with Crippen LogP contribution in [0.15, 0.2) is 54.6 Å². The minimum atomic E-state index is -0.324. The van der Waals surface area contributed by atoms with E-state index in [1.165, 1.54) is 7.11 Å². The smallest absolute Gasteiger partial charge is 0.337 e. The Morgan fingerprint density at radius 3 is 2.75 bits per heavy atom. The van der Waals surface area contributed by atoms with Crippen molar-refractivity contribution in [2.75, 3.05) is 7.11 Å². The number of carbonyl (C=O) groups is 1. The molecule has 0 aliphatic heterocycles. The zero-order valence-electron chi connectivity index (χ0n) is 13.1. The SMILES string of the molecule is COC(=O)c1cccc(CSCc2nnnn2-c2ccccc2)c1. The highest BCUT2D eigenvalue weighted by molar-refractivity contribution is 7.97. The Labute approximate surface area is 143 Å². The van der Waals surface area contributed by atoms with Crippen molar-refractivity contribution >= 4 is 17.7 Å². The van der Waals surface area contributed by atoms with Crippen LogP contribution in [0.2, 0.25) is 0 Å². The fourth-order valence-electron chi connectivity index (χ4n) is 2.23. The zero-order chi connectivity index (χ0) is 16.8. The van der Waals surface area contributed by atoms with Gasteiger partial charge in [0.25, 0.3) is 0 Å². The molecule has 0 amide bonds. The van der Waals surface area contributed by atoms with Gasteiger partial charge < -0.3 is 4.74 Å². The summed E-state index contributed by atoms with van der Waals surface area (Å²) in [6.45, 7) is 0. The normalized spacial score (nSPS) is 10.5. The fraction of sp³-hybridized carbons (Fsp3) is 0.176. The lowest BCUT2D eigenvalue weighted by molar-refractivity contribution is 0.0600. The Kier molecular flexibility index (Phi) is 5.22. The number of benzene rings is 2. The largest absolute Gasteiger partial charge is 0.465 e. The lowest BCUT2D eigenvalue weighted by Crippen LogP contribution is -2.02. The van der Waals surface area contributed by atoms with Crippen molar-refractivity contribution in [3.63, 3.8) is 0 Å². The second-order valence-electron chi connectivity index (χ2n) is 5.03. The molecule has 2 aromatic carbocycles. The maximum Gasteiger partial charge on any atom is 0.337 e. The lowest BCUT2D eigenvalue weighted by Gasteiger charge is -2.05. The summed E-state index contributed by atoms with van der Waals surface area (Å²) >= 11 is 1.69. The summed E-state index contributed by atoms with van der Waals surface area (Å²) in [4.78, 5) is 11.6. The summed E-state index contributed by atoms with van der Waals surface area (Å²) in [6, 6.07) is 17.2. The van der Waals surface area contributed by atoms with Crippen LogP contribution in [0, 0.1) is 0 Å². The number of para-hydroxylation sites is 1. The molecule has 7 heteroatoms. The highest BCUT2D eigenvalue weighted by Crippen LogP contribution is 2.19. The van der Waals surface area contributed by atoms with Gasteiger partial charge in [0.15, 0.2) is 5.82 Å². The number of nitrogens with zero attached hydrogens (tertiary/aromatic N) is 4. The van der Waals surface area contributed by atoms with E-state index in [9.17, 15) is 4.79 Å². The van der Waals surface area contributed by atoms with Crippen molar-refractivity contribution in [1.29, 1.82) is 0 Å². The van der Waals surface area contributed by atoms with Gasteiger partial charge in [-0.15, -0.1) is 16.9 Å². The molecule has 3 rings (SSSR count). The molecular formula is C17H16N4O2S. The maximum absolute atomic E-state index is 11.6. The molecule has 0 atom stereocenters. The molecule has 0 radical (unpaired) electrons. The quantitative estimate of drug-likeness (QED) is 0.643. The molecule has 0 aliphatic carbocycles. The first-order chi connectivity index (χ1) is 11.8. The summed E-state index contributed by atoms with van der Waals surface area (Å²) in [5, 5.41) is 11.9. The minimum absolute atomic E-state index is 0.324. The van der Waals surface area contributed by atoms with Gasteiger partial charge in [-0.2, -0.15) is 4.68 Å². The molecule has 122 valence electrons. The van der Waals surface area contributed by atoms with E-state index >= 15 is 0 Å². The van der Waals surface area contributed by atoms with Gasteiger partial charge in [0, 0.05) is 5.75 Å². The van der Waals surface area contributed by atoms with Crippen LogP contribution in [0.3, 0.4) is 0 Å². The Balaban J connectivity index is 1.64. The first-order valence-corrected chi connectivity index (χ1v) is 8.51. The monoisotopic (exact) mass is 340 g/mol. The van der Waals surface area contributed by atoms with E-state index < -0.39 is 0 Å². The third-order valence-corrected chi connectivity index (χ3v) is 4.38. The summed E-state index contributed by atoms with van der Waals surface area (Å²) in [6.07, 6.45) is 0. The van der Waals surface area contributed by atoms with E-state index in [1.807, 2.05) is 48.5 Å². The van der Waals surface area contributed by atoms with Gasteiger partial charge in [0.05, 0.1) is 24.1 Å². The Bertz CT molecular complexity index is 820. The van der Waals surface area contributed by atoms with E-state index in [2.05, 4.69) is 15.5 Å². The van der Waals surface area contributed by atoms with Crippen molar-refractivity contribution in [1.82, 2.24) is 20.2 Å². The van der Waals surface area contributed by atoms with Crippen LogP contribution in [-0.4, -0.2) is 33.3 Å². The van der Waals surface area contributed by atoms with Gasteiger partial charge in [0.1, 0.15) is 0 Å². The fourth-order valence-corrected chi connectivity index (χ4v) is 3.11. The lowest BCUT2D eigenvalue weighted by atomic mass is 10.1. The van der Waals surface area contributed by atoms with E-state index in [0.29, 0.717) is 11.3 Å². The first-order valence-electron chi connectivity index (χ1n) is 7.35. The summed E-state index contributed by atoms with van der Waals surface area (Å²) < 4.78 is 6.48. The molecule has 0 bridgehead atoms. The second-order valence-corrected chi connectivity index (χ2v) is 6.01.